The average molecular weight is 479 g/mol. The molecule has 35 heavy (non-hydrogen) atoms. The lowest BCUT2D eigenvalue weighted by molar-refractivity contribution is -0.158. The monoisotopic (exact) mass is 478 g/mol. The number of hydrogen-bond acceptors (Lipinski definition) is 5. The number of amides is 2. The number of likely N-dealkylation sites (tertiary alicyclic amines) is 1. The predicted octanol–water partition coefficient (Wildman–Crippen LogP) is 3.40. The van der Waals surface area contributed by atoms with Crippen molar-refractivity contribution < 1.29 is 29.0 Å². The molecule has 2 aromatic rings. The standard InChI is InChI=1S/C27H30N2O6/c30-24(31)23-11-5-13-29(23)25(32)27(12-6-14-34-17-27)16-28-26(33)35-15-22-20-9-3-1-7-18(20)19-8-2-4-10-21(19)22/h1-4,7-10,22-23H,5-6,11-17H2,(H,28,33)(H,30,31)/t23-,27?/m0/s1. The number of nitrogens with one attached hydrogen (secondary N) is 1. The summed E-state index contributed by atoms with van der Waals surface area (Å²) >= 11 is 0. The highest BCUT2D eigenvalue weighted by molar-refractivity contribution is 5.89. The quantitative estimate of drug-likeness (QED) is 0.659. The van der Waals surface area contributed by atoms with Crippen LogP contribution in [0.2, 0.25) is 0 Å². The molecular weight excluding hydrogens is 448 g/mol. The first kappa shape index (κ1) is 23.4. The van der Waals surface area contributed by atoms with Crippen molar-refractivity contribution in [3.63, 3.8) is 0 Å². The Morgan fingerprint density at radius 2 is 1.74 bits per heavy atom. The van der Waals surface area contributed by atoms with Crippen molar-refractivity contribution in [2.45, 2.75) is 37.6 Å². The highest BCUT2D eigenvalue weighted by atomic mass is 16.5. The second-order valence-electron chi connectivity index (χ2n) is 9.61. The molecule has 1 aliphatic carbocycles. The number of carboxylic acids is 1. The summed E-state index contributed by atoms with van der Waals surface area (Å²) < 4.78 is 11.3. The van der Waals surface area contributed by atoms with E-state index in [-0.39, 0.29) is 31.6 Å². The summed E-state index contributed by atoms with van der Waals surface area (Å²) in [6, 6.07) is 15.4. The Kier molecular flexibility index (Phi) is 6.47. The van der Waals surface area contributed by atoms with Crippen LogP contribution < -0.4 is 5.32 Å². The Morgan fingerprint density at radius 1 is 1.06 bits per heavy atom. The van der Waals surface area contributed by atoms with Gasteiger partial charge < -0.3 is 24.8 Å². The minimum absolute atomic E-state index is 0.0470. The molecule has 2 aliphatic heterocycles. The third kappa shape index (κ3) is 4.38. The van der Waals surface area contributed by atoms with E-state index >= 15 is 0 Å². The van der Waals surface area contributed by atoms with E-state index in [1.807, 2.05) is 24.3 Å². The molecule has 5 rings (SSSR count). The van der Waals surface area contributed by atoms with Crippen LogP contribution in [-0.4, -0.2) is 66.9 Å². The summed E-state index contributed by atoms with van der Waals surface area (Å²) in [4.78, 5) is 39.3. The Balaban J connectivity index is 1.25. The van der Waals surface area contributed by atoms with Crippen LogP contribution >= 0.6 is 0 Å². The number of carbonyl (C=O) groups excluding carboxylic acids is 2. The van der Waals surface area contributed by atoms with E-state index in [0.29, 0.717) is 38.8 Å². The number of nitrogens with zero attached hydrogens (tertiary/aromatic N) is 1. The third-order valence-corrected chi connectivity index (χ3v) is 7.49. The largest absolute Gasteiger partial charge is 0.480 e. The van der Waals surface area contributed by atoms with Gasteiger partial charge in [0.15, 0.2) is 0 Å². The number of benzene rings is 2. The fourth-order valence-electron chi connectivity index (χ4n) is 5.70. The Morgan fingerprint density at radius 3 is 2.37 bits per heavy atom. The first-order chi connectivity index (χ1) is 17.0. The smallest absolute Gasteiger partial charge is 0.407 e. The number of fused-ring (bicyclic) bond motifs is 3. The summed E-state index contributed by atoms with van der Waals surface area (Å²) in [5.41, 5.74) is 3.58. The van der Waals surface area contributed by atoms with E-state index in [9.17, 15) is 19.5 Å². The molecule has 0 radical (unpaired) electrons. The molecule has 2 fully saturated rings. The number of rotatable bonds is 6. The number of carboxylic acid groups (broad SMARTS) is 1. The van der Waals surface area contributed by atoms with Gasteiger partial charge in [-0.15, -0.1) is 0 Å². The number of hydrogen-bond donors (Lipinski definition) is 2. The minimum atomic E-state index is -0.993. The van der Waals surface area contributed by atoms with E-state index in [1.54, 1.807) is 0 Å². The van der Waals surface area contributed by atoms with Gasteiger partial charge in [0.2, 0.25) is 5.91 Å². The third-order valence-electron chi connectivity index (χ3n) is 7.49. The van der Waals surface area contributed by atoms with Crippen LogP contribution in [0.15, 0.2) is 48.5 Å². The first-order valence-electron chi connectivity index (χ1n) is 12.2. The molecule has 2 amide bonds. The number of ether oxygens (including phenoxy) is 2. The number of aliphatic carboxylic acids is 1. The van der Waals surface area contributed by atoms with E-state index in [2.05, 4.69) is 29.6 Å². The number of alkyl carbamates (subject to hydrolysis) is 1. The molecule has 3 aliphatic rings. The van der Waals surface area contributed by atoms with Crippen molar-refractivity contribution >= 4 is 18.0 Å². The summed E-state index contributed by atoms with van der Waals surface area (Å²) in [7, 11) is 0. The summed E-state index contributed by atoms with van der Waals surface area (Å²) in [5, 5.41) is 12.3. The zero-order valence-electron chi connectivity index (χ0n) is 19.6. The lowest BCUT2D eigenvalue weighted by atomic mass is 9.80. The number of carbonyl (C=O) groups is 3. The van der Waals surface area contributed by atoms with E-state index < -0.39 is 23.5 Å². The molecule has 1 unspecified atom stereocenters. The molecule has 2 atom stereocenters. The van der Waals surface area contributed by atoms with Crippen LogP contribution in [0.5, 0.6) is 0 Å². The van der Waals surface area contributed by atoms with Crippen molar-refractivity contribution in [3.05, 3.63) is 59.7 Å². The second kappa shape index (κ2) is 9.70. The maximum atomic E-state index is 13.5. The van der Waals surface area contributed by atoms with Gasteiger partial charge in [-0.25, -0.2) is 9.59 Å². The molecule has 8 nitrogen and oxygen atoms in total. The van der Waals surface area contributed by atoms with Crippen LogP contribution in [0.1, 0.15) is 42.7 Å². The Bertz CT molecular complexity index is 1080. The molecular formula is C27H30N2O6. The fourth-order valence-corrected chi connectivity index (χ4v) is 5.70. The van der Waals surface area contributed by atoms with Crippen LogP contribution in [0.3, 0.4) is 0 Å². The van der Waals surface area contributed by atoms with Gasteiger partial charge in [-0.2, -0.15) is 0 Å². The average Bonchev–Trinajstić information content (AvgIpc) is 3.50. The highest BCUT2D eigenvalue weighted by Gasteiger charge is 2.47. The molecule has 0 spiro atoms. The summed E-state index contributed by atoms with van der Waals surface area (Å²) in [5.74, 6) is -1.31. The lowest BCUT2D eigenvalue weighted by Gasteiger charge is -2.39. The van der Waals surface area contributed by atoms with E-state index in [1.165, 1.54) is 4.90 Å². The molecule has 2 N–H and O–H groups in total. The van der Waals surface area contributed by atoms with Gasteiger partial charge in [0.05, 0.1) is 12.0 Å². The topological polar surface area (TPSA) is 105 Å². The van der Waals surface area contributed by atoms with Crippen LogP contribution in [0, 0.1) is 5.41 Å². The zero-order valence-corrected chi connectivity index (χ0v) is 19.6. The molecule has 0 aromatic heterocycles. The van der Waals surface area contributed by atoms with E-state index in [4.69, 9.17) is 9.47 Å². The summed E-state index contributed by atoms with van der Waals surface area (Å²) in [6.07, 6.45) is 1.69. The highest BCUT2D eigenvalue weighted by Crippen LogP contribution is 2.44. The van der Waals surface area contributed by atoms with E-state index in [0.717, 1.165) is 22.3 Å². The fraction of sp³-hybridized carbons (Fsp3) is 0.444. The van der Waals surface area contributed by atoms with Crippen molar-refractivity contribution in [2.75, 3.05) is 32.9 Å². The van der Waals surface area contributed by atoms with Gasteiger partial charge in [-0.05, 0) is 47.9 Å². The molecule has 2 heterocycles. The van der Waals surface area contributed by atoms with Gasteiger partial charge in [-0.3, -0.25) is 4.79 Å². The first-order valence-corrected chi connectivity index (χ1v) is 12.2. The molecule has 0 saturated carbocycles. The molecule has 8 heteroatoms. The normalized spacial score (nSPS) is 23.4. The van der Waals surface area contributed by atoms with Gasteiger partial charge in [-0.1, -0.05) is 48.5 Å². The maximum Gasteiger partial charge on any atom is 0.407 e. The summed E-state index contributed by atoms with van der Waals surface area (Å²) in [6.45, 7) is 1.33. The van der Waals surface area contributed by atoms with Gasteiger partial charge in [0.1, 0.15) is 12.6 Å². The van der Waals surface area contributed by atoms with Crippen LogP contribution in [0.25, 0.3) is 11.1 Å². The van der Waals surface area contributed by atoms with Crippen LogP contribution in [-0.2, 0) is 19.1 Å². The SMILES string of the molecule is O=C(NCC1(C(=O)N2CCC[C@H]2C(=O)O)CCCOC1)OCC1c2ccccc2-c2ccccc21. The lowest BCUT2D eigenvalue weighted by Crippen LogP contribution is -2.56. The van der Waals surface area contributed by atoms with Crippen molar-refractivity contribution in [1.82, 2.24) is 10.2 Å². The Labute approximate surface area is 204 Å². The van der Waals surface area contributed by atoms with Gasteiger partial charge >= 0.3 is 12.1 Å². The van der Waals surface area contributed by atoms with Gasteiger partial charge in [0, 0.05) is 25.6 Å². The van der Waals surface area contributed by atoms with Crippen molar-refractivity contribution in [1.29, 1.82) is 0 Å². The van der Waals surface area contributed by atoms with Crippen molar-refractivity contribution in [3.8, 4) is 11.1 Å². The van der Waals surface area contributed by atoms with Crippen LogP contribution in [0.4, 0.5) is 4.79 Å². The maximum absolute atomic E-state index is 13.5. The molecule has 184 valence electrons. The van der Waals surface area contributed by atoms with Gasteiger partial charge in [0.25, 0.3) is 0 Å². The molecule has 2 saturated heterocycles. The zero-order chi connectivity index (χ0) is 24.4. The minimum Gasteiger partial charge on any atom is -0.480 e. The second-order valence-corrected chi connectivity index (χ2v) is 9.61. The molecule has 0 bridgehead atoms. The predicted molar refractivity (Wildman–Crippen MR) is 128 cm³/mol. The molecule has 2 aromatic carbocycles. The Hall–Kier alpha value is -3.39. The van der Waals surface area contributed by atoms with Crippen molar-refractivity contribution in [2.24, 2.45) is 5.41 Å².